The van der Waals surface area contributed by atoms with Gasteiger partial charge in [0.15, 0.2) is 10.8 Å². The number of carbonyl (C=O) groups excluding carboxylic acids is 3. The lowest BCUT2D eigenvalue weighted by Crippen LogP contribution is -2.61. The van der Waals surface area contributed by atoms with E-state index in [4.69, 9.17) is 30.8 Å². The zero-order valence-corrected chi connectivity index (χ0v) is 24.6. The van der Waals surface area contributed by atoms with Crippen LogP contribution in [0.4, 0.5) is 9.18 Å². The molecular weight excluding hydrogens is 575 g/mol. The first kappa shape index (κ1) is 29.0. The summed E-state index contributed by atoms with van der Waals surface area (Å²) in [6, 6.07) is 3.06. The minimum atomic E-state index is -0.964. The van der Waals surface area contributed by atoms with Crippen LogP contribution in [0.25, 0.3) is 0 Å². The van der Waals surface area contributed by atoms with Crippen molar-refractivity contribution in [2.45, 2.75) is 56.7 Å². The summed E-state index contributed by atoms with van der Waals surface area (Å²) in [5.41, 5.74) is -0.670. The Labute approximate surface area is 245 Å². The first-order valence-electron chi connectivity index (χ1n) is 13.1. The van der Waals surface area contributed by atoms with E-state index >= 15 is 0 Å². The van der Waals surface area contributed by atoms with Crippen LogP contribution in [-0.2, 0) is 23.8 Å². The largest absolute Gasteiger partial charge is 0.469 e. The smallest absolute Gasteiger partial charge is 0.411 e. The van der Waals surface area contributed by atoms with Gasteiger partial charge in [0, 0.05) is 34.4 Å². The highest BCUT2D eigenvalue weighted by Crippen LogP contribution is 2.50. The van der Waals surface area contributed by atoms with Crippen LogP contribution in [0.2, 0.25) is 5.02 Å². The van der Waals surface area contributed by atoms with E-state index in [0.717, 1.165) is 0 Å². The molecule has 0 saturated carbocycles. The Morgan fingerprint density at radius 3 is 2.73 bits per heavy atom. The average molecular weight is 605 g/mol. The van der Waals surface area contributed by atoms with E-state index in [9.17, 15) is 18.8 Å². The third kappa shape index (κ3) is 5.19. The number of amides is 1. The Balaban J connectivity index is 1.57. The molecule has 2 saturated heterocycles. The van der Waals surface area contributed by atoms with Crippen LogP contribution in [0.15, 0.2) is 46.0 Å². The number of piperidine rings is 1. The minimum Gasteiger partial charge on any atom is -0.469 e. The van der Waals surface area contributed by atoms with Gasteiger partial charge in [0.1, 0.15) is 17.5 Å². The molecule has 0 spiro atoms. The van der Waals surface area contributed by atoms with E-state index in [1.807, 2.05) is 5.38 Å². The molecular formula is C28H30ClFN4O6S. The highest BCUT2D eigenvalue weighted by Gasteiger charge is 2.63. The van der Waals surface area contributed by atoms with Crippen molar-refractivity contribution in [3.63, 3.8) is 0 Å². The Hall–Kier alpha value is -3.51. The van der Waals surface area contributed by atoms with E-state index in [2.05, 4.69) is 10.3 Å². The number of methoxy groups -OCH3 is 2. The number of fused-ring (bicyclic) bond motifs is 1. The molecule has 1 aromatic carbocycles. The number of esters is 2. The van der Waals surface area contributed by atoms with Crippen molar-refractivity contribution in [2.24, 2.45) is 10.9 Å². The molecule has 1 unspecified atom stereocenters. The second kappa shape index (κ2) is 11.1. The summed E-state index contributed by atoms with van der Waals surface area (Å²) < 4.78 is 29.9. The second-order valence-corrected chi connectivity index (χ2v) is 12.1. The number of cyclic esters (lactones) is 1. The number of amidine groups is 1. The van der Waals surface area contributed by atoms with Gasteiger partial charge >= 0.3 is 18.0 Å². The molecule has 3 atom stereocenters. The predicted molar refractivity (Wildman–Crippen MR) is 149 cm³/mol. The molecule has 0 bridgehead atoms. The molecule has 3 aliphatic rings. The molecule has 4 heterocycles. The molecule has 1 N–H and O–H groups in total. The van der Waals surface area contributed by atoms with Gasteiger partial charge in [-0.25, -0.2) is 19.0 Å². The first-order valence-corrected chi connectivity index (χ1v) is 14.3. The number of hydrogen-bond donors (Lipinski definition) is 1. The number of halogens is 2. The highest BCUT2D eigenvalue weighted by molar-refractivity contribution is 7.11. The summed E-state index contributed by atoms with van der Waals surface area (Å²) in [4.78, 5) is 49.5. The summed E-state index contributed by atoms with van der Waals surface area (Å²) >= 11 is 7.83. The summed E-state index contributed by atoms with van der Waals surface area (Å²) in [7, 11) is 2.60. The zero-order valence-electron chi connectivity index (χ0n) is 23.0. The van der Waals surface area contributed by atoms with Crippen molar-refractivity contribution in [1.29, 1.82) is 0 Å². The summed E-state index contributed by atoms with van der Waals surface area (Å²) in [6.45, 7) is 3.97. The van der Waals surface area contributed by atoms with Gasteiger partial charge in [0.05, 0.1) is 31.8 Å². The maximum absolute atomic E-state index is 14.0. The van der Waals surface area contributed by atoms with Crippen molar-refractivity contribution in [2.75, 3.05) is 20.8 Å². The zero-order chi connectivity index (χ0) is 29.5. The Bertz CT molecular complexity index is 1440. The number of benzene rings is 1. The normalized spacial score (nSPS) is 25.2. The number of ether oxygens (including phenoxy) is 3. The Morgan fingerprint density at radius 2 is 2.07 bits per heavy atom. The van der Waals surface area contributed by atoms with E-state index in [1.165, 1.54) is 43.8 Å². The molecule has 1 aromatic heterocycles. The standard InChI is InChI=1S/C28H30ClFN4O6S/c1-27(2)28(14-20(35)38-3)13-15(7-9-34(28)26(37)40-27)11-19-21(25(36)39-4)22(17-6-5-16(30)12-18(17)29)33-23(32-19)24-31-8-10-41-24/h5-6,8,10,12,15,22H,7,9,11,13-14H2,1-4H3,(H,32,33)/t15?,22-,28-/m0/s1. The van der Waals surface area contributed by atoms with Gasteiger partial charge in [-0.15, -0.1) is 11.3 Å². The number of hydrogen-bond acceptors (Lipinski definition) is 10. The van der Waals surface area contributed by atoms with E-state index in [0.29, 0.717) is 47.9 Å². The second-order valence-electron chi connectivity index (χ2n) is 10.8. The SMILES string of the molecule is COC(=O)C[C@]12CC(CC3=C(C(=O)OC)[C@H](c4ccc(F)cc4Cl)N=C(c4nccs4)N3)CCN1C(=O)OC2(C)C. The van der Waals surface area contributed by atoms with Gasteiger partial charge in [0.25, 0.3) is 0 Å². The minimum absolute atomic E-state index is 0.0330. The molecule has 2 aromatic rings. The molecule has 0 radical (unpaired) electrons. The molecule has 2 fully saturated rings. The summed E-state index contributed by atoms with van der Waals surface area (Å²) in [5, 5.41) is 5.84. The lowest BCUT2D eigenvalue weighted by Gasteiger charge is -2.48. The number of aliphatic imine (C=N–C) groups is 1. The van der Waals surface area contributed by atoms with Gasteiger partial charge in [-0.1, -0.05) is 17.7 Å². The van der Waals surface area contributed by atoms with E-state index in [-0.39, 0.29) is 22.9 Å². The first-order chi connectivity index (χ1) is 19.5. The number of thiazole rings is 1. The number of nitrogens with zero attached hydrogens (tertiary/aromatic N) is 3. The maximum atomic E-state index is 14.0. The third-order valence-corrected chi connectivity index (χ3v) is 9.28. The summed E-state index contributed by atoms with van der Waals surface area (Å²) in [6.07, 6.45) is 2.53. The maximum Gasteiger partial charge on any atom is 0.411 e. The molecule has 10 nitrogen and oxygen atoms in total. The molecule has 218 valence electrons. The molecule has 5 rings (SSSR count). The van der Waals surface area contributed by atoms with Crippen molar-refractivity contribution in [3.8, 4) is 0 Å². The van der Waals surface area contributed by atoms with Gasteiger partial charge in [-0.05, 0) is 51.2 Å². The molecule has 1 amide bonds. The molecule has 13 heteroatoms. The van der Waals surface area contributed by atoms with Crippen LogP contribution in [0, 0.1) is 11.7 Å². The van der Waals surface area contributed by atoms with Crippen LogP contribution in [-0.4, -0.2) is 65.7 Å². The number of allylic oxidation sites excluding steroid dienone is 1. The highest BCUT2D eigenvalue weighted by atomic mass is 35.5. The van der Waals surface area contributed by atoms with Crippen molar-refractivity contribution in [3.05, 3.63) is 62.5 Å². The molecule has 0 aliphatic carbocycles. The predicted octanol–water partition coefficient (Wildman–Crippen LogP) is 4.79. The van der Waals surface area contributed by atoms with E-state index < -0.39 is 41.0 Å². The van der Waals surface area contributed by atoms with Crippen LogP contribution in [0.3, 0.4) is 0 Å². The molecule has 41 heavy (non-hydrogen) atoms. The fraction of sp³-hybridized carbons (Fsp3) is 0.464. The number of carbonyl (C=O) groups is 3. The van der Waals surface area contributed by atoms with Crippen molar-refractivity contribution in [1.82, 2.24) is 15.2 Å². The fourth-order valence-corrected chi connectivity index (χ4v) is 6.94. The van der Waals surface area contributed by atoms with Crippen molar-refractivity contribution >= 4 is 46.8 Å². The van der Waals surface area contributed by atoms with Gasteiger partial charge in [-0.3, -0.25) is 14.7 Å². The van der Waals surface area contributed by atoms with Crippen LogP contribution >= 0.6 is 22.9 Å². The number of nitrogens with one attached hydrogen (secondary N) is 1. The number of aromatic nitrogens is 1. The number of rotatable bonds is 7. The molecule has 3 aliphatic heterocycles. The monoisotopic (exact) mass is 604 g/mol. The lowest BCUT2D eigenvalue weighted by atomic mass is 9.69. The lowest BCUT2D eigenvalue weighted by molar-refractivity contribution is -0.147. The Morgan fingerprint density at radius 1 is 1.29 bits per heavy atom. The van der Waals surface area contributed by atoms with Crippen molar-refractivity contribution < 1.29 is 33.0 Å². The van der Waals surface area contributed by atoms with Gasteiger partial charge < -0.3 is 19.5 Å². The van der Waals surface area contributed by atoms with Gasteiger partial charge in [0.2, 0.25) is 0 Å². The van der Waals surface area contributed by atoms with Crippen LogP contribution in [0.5, 0.6) is 0 Å². The van der Waals surface area contributed by atoms with Gasteiger partial charge in [-0.2, -0.15) is 0 Å². The summed E-state index contributed by atoms with van der Waals surface area (Å²) in [5.74, 6) is -1.21. The Kier molecular flexibility index (Phi) is 7.82. The average Bonchev–Trinajstić information content (AvgIpc) is 3.53. The van der Waals surface area contributed by atoms with Crippen LogP contribution < -0.4 is 5.32 Å². The quantitative estimate of drug-likeness (QED) is 0.354. The van der Waals surface area contributed by atoms with Crippen LogP contribution in [0.1, 0.15) is 56.1 Å². The topological polar surface area (TPSA) is 119 Å². The van der Waals surface area contributed by atoms with E-state index in [1.54, 1.807) is 24.9 Å². The fourth-order valence-electron chi connectivity index (χ4n) is 6.08. The third-order valence-electron chi connectivity index (χ3n) is 8.17.